The zero-order chi connectivity index (χ0) is 12.5. The highest BCUT2D eigenvalue weighted by atomic mass is 35.5. The second kappa shape index (κ2) is 5.57. The van der Waals surface area contributed by atoms with E-state index in [9.17, 15) is 13.2 Å². The third-order valence-electron chi connectivity index (χ3n) is 2.52. The van der Waals surface area contributed by atoms with Gasteiger partial charge in [0.2, 0.25) is 5.95 Å². The molecule has 0 aromatic carbocycles. The molecular formula is C9H13ClF3N5. The van der Waals surface area contributed by atoms with Gasteiger partial charge in [-0.3, -0.25) is 0 Å². The first-order chi connectivity index (χ1) is 7.97. The van der Waals surface area contributed by atoms with Gasteiger partial charge in [0.15, 0.2) is 0 Å². The summed E-state index contributed by atoms with van der Waals surface area (Å²) in [6, 6.07) is 0.131. The fourth-order valence-electron chi connectivity index (χ4n) is 1.64. The average molecular weight is 284 g/mol. The summed E-state index contributed by atoms with van der Waals surface area (Å²) < 4.78 is 37.2. The summed E-state index contributed by atoms with van der Waals surface area (Å²) >= 11 is 0. The third kappa shape index (κ3) is 3.36. The van der Waals surface area contributed by atoms with Crippen LogP contribution in [-0.2, 0) is 6.18 Å². The average Bonchev–Trinajstić information content (AvgIpc) is 2.68. The lowest BCUT2D eigenvalue weighted by atomic mass is 10.2. The van der Waals surface area contributed by atoms with E-state index in [1.54, 1.807) is 0 Å². The molecule has 0 saturated carbocycles. The first kappa shape index (κ1) is 14.8. The molecule has 1 saturated heterocycles. The van der Waals surface area contributed by atoms with Crippen molar-refractivity contribution in [1.82, 2.24) is 15.3 Å². The number of rotatable bonds is 2. The second-order valence-corrected chi connectivity index (χ2v) is 3.82. The van der Waals surface area contributed by atoms with Crippen LogP contribution in [0.5, 0.6) is 0 Å². The van der Waals surface area contributed by atoms with Crippen LogP contribution in [-0.4, -0.2) is 29.1 Å². The lowest BCUT2D eigenvalue weighted by Crippen LogP contribution is -2.24. The van der Waals surface area contributed by atoms with Gasteiger partial charge in [-0.2, -0.15) is 18.2 Å². The lowest BCUT2D eigenvalue weighted by Gasteiger charge is -2.13. The Kier molecular flexibility index (Phi) is 4.58. The van der Waals surface area contributed by atoms with Crippen molar-refractivity contribution in [3.63, 3.8) is 0 Å². The van der Waals surface area contributed by atoms with Crippen LogP contribution in [0.4, 0.5) is 24.9 Å². The number of nitrogen functional groups attached to an aromatic ring is 1. The van der Waals surface area contributed by atoms with Crippen molar-refractivity contribution >= 4 is 24.2 Å². The largest absolute Gasteiger partial charge is 0.421 e. The summed E-state index contributed by atoms with van der Waals surface area (Å²) in [5.74, 6) is -0.426. The van der Waals surface area contributed by atoms with E-state index in [0.29, 0.717) is 6.20 Å². The molecule has 0 bridgehead atoms. The van der Waals surface area contributed by atoms with E-state index in [-0.39, 0.29) is 24.4 Å². The minimum Gasteiger partial charge on any atom is -0.383 e. The number of alkyl halides is 3. The van der Waals surface area contributed by atoms with Crippen LogP contribution in [0.25, 0.3) is 0 Å². The van der Waals surface area contributed by atoms with Gasteiger partial charge in [0.05, 0.1) is 0 Å². The van der Waals surface area contributed by atoms with Crippen molar-refractivity contribution < 1.29 is 13.2 Å². The molecule has 0 aliphatic carbocycles. The number of halogens is 4. The number of nitrogens with two attached hydrogens (primary N) is 1. The molecule has 102 valence electrons. The first-order valence-corrected chi connectivity index (χ1v) is 5.14. The lowest BCUT2D eigenvalue weighted by molar-refractivity contribution is -0.137. The highest BCUT2D eigenvalue weighted by Gasteiger charge is 2.34. The Bertz CT molecular complexity index is 406. The summed E-state index contributed by atoms with van der Waals surface area (Å²) in [5, 5.41) is 6.04. The molecule has 0 spiro atoms. The molecule has 5 nitrogen and oxygen atoms in total. The van der Waals surface area contributed by atoms with Crippen molar-refractivity contribution in [3.8, 4) is 0 Å². The number of nitrogens with one attached hydrogen (secondary N) is 2. The summed E-state index contributed by atoms with van der Waals surface area (Å²) in [5.41, 5.74) is 4.25. The number of hydrogen-bond donors (Lipinski definition) is 3. The van der Waals surface area contributed by atoms with E-state index in [2.05, 4.69) is 20.6 Å². The van der Waals surface area contributed by atoms with E-state index in [1.807, 2.05) is 0 Å². The summed E-state index contributed by atoms with van der Waals surface area (Å²) in [7, 11) is 0. The Morgan fingerprint density at radius 1 is 1.44 bits per heavy atom. The molecule has 1 fully saturated rings. The van der Waals surface area contributed by atoms with Crippen molar-refractivity contribution in [3.05, 3.63) is 11.8 Å². The normalized spacial score (nSPS) is 19.4. The fraction of sp³-hybridized carbons (Fsp3) is 0.556. The summed E-state index contributed by atoms with van der Waals surface area (Å²) in [4.78, 5) is 7.23. The van der Waals surface area contributed by atoms with Gasteiger partial charge in [-0.25, -0.2) is 4.98 Å². The molecule has 2 heterocycles. The van der Waals surface area contributed by atoms with Gasteiger partial charge < -0.3 is 16.4 Å². The predicted molar refractivity (Wildman–Crippen MR) is 63.6 cm³/mol. The molecule has 18 heavy (non-hydrogen) atoms. The summed E-state index contributed by atoms with van der Waals surface area (Å²) in [6.45, 7) is 1.61. The number of anilines is 2. The third-order valence-corrected chi connectivity index (χ3v) is 2.52. The molecule has 1 aliphatic heterocycles. The van der Waals surface area contributed by atoms with Gasteiger partial charge in [0.25, 0.3) is 0 Å². The SMILES string of the molecule is Cl.Nc1nc(NC2CCNC2)ncc1C(F)(F)F. The van der Waals surface area contributed by atoms with Gasteiger partial charge in [0, 0.05) is 18.8 Å². The van der Waals surface area contributed by atoms with Crippen LogP contribution in [0.3, 0.4) is 0 Å². The smallest absolute Gasteiger partial charge is 0.383 e. The maximum atomic E-state index is 12.4. The van der Waals surface area contributed by atoms with Gasteiger partial charge in [-0.05, 0) is 13.0 Å². The molecule has 1 aromatic heterocycles. The van der Waals surface area contributed by atoms with Crippen LogP contribution >= 0.6 is 12.4 Å². The second-order valence-electron chi connectivity index (χ2n) is 3.82. The molecule has 4 N–H and O–H groups in total. The van der Waals surface area contributed by atoms with Crippen LogP contribution in [0.15, 0.2) is 6.20 Å². The number of aromatic nitrogens is 2. The van der Waals surface area contributed by atoms with Crippen molar-refractivity contribution in [2.45, 2.75) is 18.6 Å². The Morgan fingerprint density at radius 2 is 2.17 bits per heavy atom. The van der Waals surface area contributed by atoms with Crippen LogP contribution in [0, 0.1) is 0 Å². The van der Waals surface area contributed by atoms with Gasteiger partial charge >= 0.3 is 6.18 Å². The molecule has 1 aromatic rings. The van der Waals surface area contributed by atoms with Crippen molar-refractivity contribution in [2.24, 2.45) is 0 Å². The maximum Gasteiger partial charge on any atom is 0.421 e. The standard InChI is InChI=1S/C9H12F3N5.ClH/c10-9(11,12)6-4-15-8(17-7(6)13)16-5-1-2-14-3-5;/h4-5,14H,1-3H2,(H3,13,15,16,17);1H. The number of nitrogens with zero attached hydrogens (tertiary/aromatic N) is 2. The Morgan fingerprint density at radius 3 is 2.67 bits per heavy atom. The maximum absolute atomic E-state index is 12.4. The monoisotopic (exact) mass is 283 g/mol. The van der Waals surface area contributed by atoms with Crippen molar-refractivity contribution in [2.75, 3.05) is 24.1 Å². The van der Waals surface area contributed by atoms with Crippen LogP contribution in [0.1, 0.15) is 12.0 Å². The highest BCUT2D eigenvalue weighted by molar-refractivity contribution is 5.85. The van der Waals surface area contributed by atoms with Crippen molar-refractivity contribution in [1.29, 1.82) is 0 Å². The molecule has 0 amide bonds. The molecule has 9 heteroatoms. The van der Waals surface area contributed by atoms with E-state index >= 15 is 0 Å². The highest BCUT2D eigenvalue weighted by Crippen LogP contribution is 2.32. The van der Waals surface area contributed by atoms with E-state index in [4.69, 9.17) is 5.73 Å². The Labute approximate surface area is 108 Å². The van der Waals surface area contributed by atoms with E-state index < -0.39 is 17.6 Å². The minimum atomic E-state index is -4.52. The van der Waals surface area contributed by atoms with Crippen LogP contribution < -0.4 is 16.4 Å². The first-order valence-electron chi connectivity index (χ1n) is 5.14. The molecule has 1 aliphatic rings. The van der Waals surface area contributed by atoms with Gasteiger partial charge in [-0.1, -0.05) is 0 Å². The zero-order valence-electron chi connectivity index (χ0n) is 9.29. The Hall–Kier alpha value is -1.28. The molecular weight excluding hydrogens is 271 g/mol. The topological polar surface area (TPSA) is 75.9 Å². The summed E-state index contributed by atoms with van der Waals surface area (Å²) in [6.07, 6.45) is -2.94. The van der Waals surface area contributed by atoms with Crippen LogP contribution in [0.2, 0.25) is 0 Å². The minimum absolute atomic E-state index is 0. The molecule has 1 unspecified atom stereocenters. The molecule has 2 rings (SSSR count). The van der Waals surface area contributed by atoms with E-state index in [1.165, 1.54) is 0 Å². The molecule has 0 radical (unpaired) electrons. The van der Waals surface area contributed by atoms with Gasteiger partial charge in [0.1, 0.15) is 11.4 Å². The quantitative estimate of drug-likeness (QED) is 0.762. The fourth-order valence-corrected chi connectivity index (χ4v) is 1.64. The predicted octanol–water partition coefficient (Wildman–Crippen LogP) is 1.27. The number of hydrogen-bond acceptors (Lipinski definition) is 5. The Balaban J connectivity index is 0.00000162. The molecule has 1 atom stereocenters. The zero-order valence-corrected chi connectivity index (χ0v) is 10.1. The van der Waals surface area contributed by atoms with E-state index in [0.717, 1.165) is 19.5 Å². The van der Waals surface area contributed by atoms with Gasteiger partial charge in [-0.15, -0.1) is 12.4 Å².